The van der Waals surface area contributed by atoms with Gasteiger partial charge in [0.15, 0.2) is 0 Å². The van der Waals surface area contributed by atoms with E-state index in [0.717, 1.165) is 16.7 Å². The van der Waals surface area contributed by atoms with Crippen LogP contribution in [0.15, 0.2) is 4.90 Å². The number of benzene rings is 1. The molecular weight excluding hydrogens is 290 g/mol. The smallest absolute Gasteiger partial charge is 0.306 e. The lowest BCUT2D eigenvalue weighted by Gasteiger charge is -2.22. The normalized spacial score (nSPS) is 11.9. The van der Waals surface area contributed by atoms with Crippen molar-refractivity contribution in [3.63, 3.8) is 0 Å². The maximum Gasteiger partial charge on any atom is 0.306 e. The van der Waals surface area contributed by atoms with Gasteiger partial charge in [0.2, 0.25) is 0 Å². The van der Waals surface area contributed by atoms with Gasteiger partial charge in [-0.15, -0.1) is 12.6 Å². The summed E-state index contributed by atoms with van der Waals surface area (Å²) < 4.78 is 10.0. The first-order valence-electron chi connectivity index (χ1n) is 6.52. The average Bonchev–Trinajstić information content (AvgIpc) is 2.41. The van der Waals surface area contributed by atoms with E-state index in [2.05, 4.69) is 12.6 Å². The minimum atomic E-state index is -0.560. The highest BCUT2D eigenvalue weighted by molar-refractivity contribution is 7.80. The van der Waals surface area contributed by atoms with E-state index in [-0.39, 0.29) is 18.3 Å². The Kier molecular flexibility index (Phi) is 5.66. The first kappa shape index (κ1) is 17.4. The second-order valence-corrected chi connectivity index (χ2v) is 5.41. The predicted molar refractivity (Wildman–Crippen MR) is 83.3 cm³/mol. The van der Waals surface area contributed by atoms with Crippen LogP contribution in [-0.2, 0) is 9.53 Å². The molecule has 0 saturated heterocycles. The summed E-state index contributed by atoms with van der Waals surface area (Å²) >= 11 is 4.48. The maximum absolute atomic E-state index is 11.6. The van der Waals surface area contributed by atoms with E-state index >= 15 is 0 Å². The van der Waals surface area contributed by atoms with Crippen LogP contribution in [0.3, 0.4) is 0 Å². The van der Waals surface area contributed by atoms with Crippen molar-refractivity contribution in [2.24, 2.45) is 5.73 Å². The molecule has 1 aromatic carbocycles. The fraction of sp³-hybridized carbons (Fsp3) is 0.467. The molecule has 21 heavy (non-hydrogen) atoms. The van der Waals surface area contributed by atoms with Crippen LogP contribution in [-0.4, -0.2) is 26.1 Å². The first-order chi connectivity index (χ1) is 9.76. The number of amides is 1. The van der Waals surface area contributed by atoms with E-state index in [1.165, 1.54) is 14.2 Å². The molecule has 0 aromatic heterocycles. The van der Waals surface area contributed by atoms with Gasteiger partial charge in [0.25, 0.3) is 5.91 Å². The molecule has 0 radical (unpaired) electrons. The van der Waals surface area contributed by atoms with Gasteiger partial charge in [0.1, 0.15) is 5.75 Å². The number of carbonyl (C=O) groups is 2. The number of ether oxygens (including phenoxy) is 2. The van der Waals surface area contributed by atoms with Crippen molar-refractivity contribution >= 4 is 24.5 Å². The van der Waals surface area contributed by atoms with E-state index in [1.54, 1.807) is 6.92 Å². The predicted octanol–water partition coefficient (Wildman–Crippen LogP) is 2.37. The molecule has 0 heterocycles. The lowest BCUT2D eigenvalue weighted by atomic mass is 9.88. The second kappa shape index (κ2) is 6.85. The summed E-state index contributed by atoms with van der Waals surface area (Å²) in [5, 5.41) is 0. The molecule has 2 N–H and O–H groups in total. The van der Waals surface area contributed by atoms with Gasteiger partial charge >= 0.3 is 5.97 Å². The van der Waals surface area contributed by atoms with Gasteiger partial charge in [0.05, 0.1) is 31.1 Å². The molecule has 0 aliphatic carbocycles. The molecule has 1 amide bonds. The Labute approximate surface area is 130 Å². The Hall–Kier alpha value is -1.69. The Morgan fingerprint density at radius 2 is 1.81 bits per heavy atom. The number of hydrogen-bond donors (Lipinski definition) is 2. The Morgan fingerprint density at radius 3 is 2.24 bits per heavy atom. The Balaban J connectivity index is 3.51. The van der Waals surface area contributed by atoms with Gasteiger partial charge in [-0.1, -0.05) is 6.92 Å². The van der Waals surface area contributed by atoms with Crippen molar-refractivity contribution in [3.05, 3.63) is 22.3 Å². The van der Waals surface area contributed by atoms with Crippen molar-refractivity contribution < 1.29 is 19.1 Å². The number of methoxy groups -OCH3 is 2. The minimum absolute atomic E-state index is 0.112. The second-order valence-electron chi connectivity index (χ2n) is 4.97. The molecule has 1 atom stereocenters. The summed E-state index contributed by atoms with van der Waals surface area (Å²) in [5.74, 6) is -0.625. The number of esters is 1. The zero-order valence-corrected chi connectivity index (χ0v) is 13.8. The van der Waals surface area contributed by atoms with Crippen molar-refractivity contribution in [2.45, 2.75) is 38.0 Å². The van der Waals surface area contributed by atoms with E-state index in [9.17, 15) is 9.59 Å². The SMILES string of the molecule is COC(=O)CC(C)c1c(C)c(C)c(C(N)=O)c(OC)c1S. The zero-order chi connectivity index (χ0) is 16.3. The van der Waals surface area contributed by atoms with Gasteiger partial charge in [-0.05, 0) is 36.5 Å². The van der Waals surface area contributed by atoms with Crippen LogP contribution < -0.4 is 10.5 Å². The molecule has 116 valence electrons. The summed E-state index contributed by atoms with van der Waals surface area (Å²) in [6.07, 6.45) is 0.226. The van der Waals surface area contributed by atoms with E-state index in [1.807, 2.05) is 13.8 Å². The van der Waals surface area contributed by atoms with E-state index in [0.29, 0.717) is 16.2 Å². The van der Waals surface area contributed by atoms with Crippen LogP contribution in [0.5, 0.6) is 5.75 Å². The molecule has 0 aliphatic heterocycles. The number of hydrogen-bond acceptors (Lipinski definition) is 5. The third kappa shape index (κ3) is 3.32. The number of thiol groups is 1. The molecule has 1 rings (SSSR count). The van der Waals surface area contributed by atoms with Gasteiger partial charge in [-0.3, -0.25) is 9.59 Å². The average molecular weight is 311 g/mol. The van der Waals surface area contributed by atoms with E-state index in [4.69, 9.17) is 15.2 Å². The molecule has 0 bridgehead atoms. The summed E-state index contributed by atoms with van der Waals surface area (Å²) in [6.45, 7) is 5.59. The van der Waals surface area contributed by atoms with Crippen LogP contribution in [0.25, 0.3) is 0 Å². The van der Waals surface area contributed by atoms with Crippen LogP contribution in [0.4, 0.5) is 0 Å². The summed E-state index contributed by atoms with van der Waals surface area (Å²) in [5.41, 5.74) is 8.24. The standard InChI is InChI=1S/C15H21NO4S/c1-7(6-10(17)19-4)11-8(2)9(3)12(15(16)18)13(20-5)14(11)21/h7,21H,6H2,1-5H3,(H2,16,18). The highest BCUT2D eigenvalue weighted by Gasteiger charge is 2.25. The molecule has 0 saturated carbocycles. The number of rotatable bonds is 5. The molecule has 5 nitrogen and oxygen atoms in total. The summed E-state index contributed by atoms with van der Waals surface area (Å²) in [4.78, 5) is 23.7. The molecule has 1 unspecified atom stereocenters. The van der Waals surface area contributed by atoms with Crippen LogP contribution >= 0.6 is 12.6 Å². The van der Waals surface area contributed by atoms with Crippen molar-refractivity contribution in [1.29, 1.82) is 0 Å². The number of primary amides is 1. The van der Waals surface area contributed by atoms with Crippen molar-refractivity contribution in [2.75, 3.05) is 14.2 Å². The molecule has 0 aliphatic rings. The van der Waals surface area contributed by atoms with Crippen LogP contribution in [0, 0.1) is 13.8 Å². The Bertz CT molecular complexity index is 584. The minimum Gasteiger partial charge on any atom is -0.495 e. The fourth-order valence-corrected chi connectivity index (χ4v) is 3.10. The number of nitrogens with two attached hydrogens (primary N) is 1. The first-order valence-corrected chi connectivity index (χ1v) is 6.97. The van der Waals surface area contributed by atoms with Gasteiger partial charge in [-0.2, -0.15) is 0 Å². The monoisotopic (exact) mass is 311 g/mol. The maximum atomic E-state index is 11.6. The van der Waals surface area contributed by atoms with Gasteiger partial charge in [0, 0.05) is 0 Å². The summed E-state index contributed by atoms with van der Waals surface area (Å²) in [7, 11) is 2.82. The van der Waals surface area contributed by atoms with Crippen LogP contribution in [0.2, 0.25) is 0 Å². The van der Waals surface area contributed by atoms with Crippen molar-refractivity contribution in [1.82, 2.24) is 0 Å². The molecule has 1 aromatic rings. The molecule has 0 spiro atoms. The lowest BCUT2D eigenvalue weighted by molar-refractivity contribution is -0.141. The zero-order valence-electron chi connectivity index (χ0n) is 12.9. The largest absolute Gasteiger partial charge is 0.495 e. The third-order valence-electron chi connectivity index (χ3n) is 3.68. The van der Waals surface area contributed by atoms with Crippen LogP contribution in [0.1, 0.15) is 46.3 Å². The fourth-order valence-electron chi connectivity index (χ4n) is 2.51. The van der Waals surface area contributed by atoms with E-state index < -0.39 is 5.91 Å². The molecule has 6 heteroatoms. The highest BCUT2D eigenvalue weighted by Crippen LogP contribution is 2.40. The summed E-state index contributed by atoms with van der Waals surface area (Å²) in [6, 6.07) is 0. The quantitative estimate of drug-likeness (QED) is 0.646. The Morgan fingerprint density at radius 1 is 1.24 bits per heavy atom. The number of carbonyl (C=O) groups excluding carboxylic acids is 2. The van der Waals surface area contributed by atoms with Crippen molar-refractivity contribution in [3.8, 4) is 5.75 Å². The third-order valence-corrected chi connectivity index (χ3v) is 4.13. The topological polar surface area (TPSA) is 78.6 Å². The van der Waals surface area contributed by atoms with Gasteiger partial charge < -0.3 is 15.2 Å². The molecular formula is C15H21NO4S. The lowest BCUT2D eigenvalue weighted by Crippen LogP contribution is -2.18. The molecule has 0 fully saturated rings. The van der Waals surface area contributed by atoms with Gasteiger partial charge in [-0.25, -0.2) is 0 Å². The highest BCUT2D eigenvalue weighted by atomic mass is 32.1.